The molecule has 0 unspecified atom stereocenters. The molecule has 1 heterocycles. The molecule has 0 radical (unpaired) electrons. The third-order valence-electron chi connectivity index (χ3n) is 4.61. The van der Waals surface area contributed by atoms with Crippen LogP contribution < -0.4 is 5.73 Å². The van der Waals surface area contributed by atoms with E-state index in [4.69, 9.17) is 15.2 Å². The number of hydrogen-bond acceptors (Lipinski definition) is 3. The van der Waals surface area contributed by atoms with Crippen LogP contribution in [0.1, 0.15) is 57.8 Å². The second-order valence-corrected chi connectivity index (χ2v) is 6.05. The highest BCUT2D eigenvalue weighted by atomic mass is 16.5. The van der Waals surface area contributed by atoms with Crippen molar-refractivity contribution in [2.45, 2.75) is 63.4 Å². The molecule has 3 nitrogen and oxygen atoms in total. The Morgan fingerprint density at radius 2 is 2.11 bits per heavy atom. The van der Waals surface area contributed by atoms with Crippen LogP contribution >= 0.6 is 0 Å². The van der Waals surface area contributed by atoms with Gasteiger partial charge in [0, 0.05) is 7.11 Å². The van der Waals surface area contributed by atoms with E-state index in [1.807, 2.05) is 0 Å². The van der Waals surface area contributed by atoms with Crippen LogP contribution in [0.3, 0.4) is 0 Å². The molecular formula is C16H29NO2. The van der Waals surface area contributed by atoms with Crippen molar-refractivity contribution in [3.63, 3.8) is 0 Å². The number of ether oxygens (including phenoxy) is 2. The van der Waals surface area contributed by atoms with Gasteiger partial charge in [0.1, 0.15) is 0 Å². The van der Waals surface area contributed by atoms with Crippen molar-refractivity contribution in [1.29, 1.82) is 0 Å². The van der Waals surface area contributed by atoms with Crippen molar-refractivity contribution in [3.05, 3.63) is 11.1 Å². The monoisotopic (exact) mass is 267 g/mol. The van der Waals surface area contributed by atoms with Gasteiger partial charge in [-0.15, -0.1) is 0 Å². The molecule has 0 atom stereocenters. The summed E-state index contributed by atoms with van der Waals surface area (Å²) in [5, 5.41) is 0. The fraction of sp³-hybridized carbons (Fsp3) is 0.875. The van der Waals surface area contributed by atoms with Gasteiger partial charge in [-0.2, -0.15) is 0 Å². The van der Waals surface area contributed by atoms with Gasteiger partial charge in [-0.25, -0.2) is 0 Å². The smallest absolute Gasteiger partial charge is 0.0719 e. The lowest BCUT2D eigenvalue weighted by molar-refractivity contribution is -0.0845. The average Bonchev–Trinajstić information content (AvgIpc) is 2.44. The molecule has 1 aliphatic heterocycles. The molecule has 3 heteroatoms. The number of nitrogens with two attached hydrogens (primary N) is 1. The van der Waals surface area contributed by atoms with Gasteiger partial charge in [-0.1, -0.05) is 24.8 Å². The van der Waals surface area contributed by atoms with Gasteiger partial charge in [0.2, 0.25) is 0 Å². The van der Waals surface area contributed by atoms with Crippen molar-refractivity contribution in [1.82, 2.24) is 0 Å². The van der Waals surface area contributed by atoms with Gasteiger partial charge < -0.3 is 15.2 Å². The van der Waals surface area contributed by atoms with Gasteiger partial charge in [-0.05, 0) is 50.6 Å². The molecule has 2 rings (SSSR count). The van der Waals surface area contributed by atoms with Crippen LogP contribution in [0.15, 0.2) is 11.1 Å². The Morgan fingerprint density at radius 1 is 1.32 bits per heavy atom. The maximum Gasteiger partial charge on any atom is 0.0719 e. The van der Waals surface area contributed by atoms with E-state index in [0.29, 0.717) is 0 Å². The van der Waals surface area contributed by atoms with E-state index in [0.717, 1.165) is 45.4 Å². The number of methoxy groups -OCH3 is 1. The van der Waals surface area contributed by atoms with Crippen LogP contribution in [0, 0.1) is 0 Å². The van der Waals surface area contributed by atoms with Crippen molar-refractivity contribution in [2.24, 2.45) is 5.73 Å². The van der Waals surface area contributed by atoms with Crippen molar-refractivity contribution < 1.29 is 9.47 Å². The molecule has 2 aliphatic rings. The summed E-state index contributed by atoms with van der Waals surface area (Å²) < 4.78 is 11.6. The molecule has 1 saturated carbocycles. The first-order valence-electron chi connectivity index (χ1n) is 7.82. The van der Waals surface area contributed by atoms with Gasteiger partial charge >= 0.3 is 0 Å². The summed E-state index contributed by atoms with van der Waals surface area (Å²) in [7, 11) is 1.79. The molecule has 0 aromatic rings. The van der Waals surface area contributed by atoms with Gasteiger partial charge in [0.25, 0.3) is 0 Å². The van der Waals surface area contributed by atoms with Crippen LogP contribution in [0.5, 0.6) is 0 Å². The second kappa shape index (κ2) is 7.41. The lowest BCUT2D eigenvalue weighted by Crippen LogP contribution is -2.39. The second-order valence-electron chi connectivity index (χ2n) is 6.05. The molecule has 0 aromatic heterocycles. The maximum atomic E-state index is 6.17. The highest BCUT2D eigenvalue weighted by Gasteiger charge is 2.36. The van der Waals surface area contributed by atoms with E-state index in [9.17, 15) is 0 Å². The quantitative estimate of drug-likeness (QED) is 0.778. The first-order chi connectivity index (χ1) is 9.29. The Bertz CT molecular complexity index is 300. The molecular weight excluding hydrogens is 238 g/mol. The summed E-state index contributed by atoms with van der Waals surface area (Å²) in [5.41, 5.74) is 8.90. The number of rotatable bonds is 5. The summed E-state index contributed by atoms with van der Waals surface area (Å²) in [6.07, 6.45) is 10.9. The highest BCUT2D eigenvalue weighted by molar-refractivity contribution is 5.20. The molecule has 0 amide bonds. The standard InChI is InChI=1S/C16H29NO2/c1-18-13-15(6-5-10-17)14-7-11-19-16(12-14)8-3-2-4-9-16/h2-13,17H2,1H3. The predicted octanol–water partition coefficient (Wildman–Crippen LogP) is 3.18. The van der Waals surface area contributed by atoms with Crippen LogP contribution in [0.4, 0.5) is 0 Å². The summed E-state index contributed by atoms with van der Waals surface area (Å²) in [4.78, 5) is 0. The van der Waals surface area contributed by atoms with E-state index < -0.39 is 0 Å². The largest absolute Gasteiger partial charge is 0.380 e. The van der Waals surface area contributed by atoms with E-state index in [2.05, 4.69) is 0 Å². The van der Waals surface area contributed by atoms with E-state index in [1.165, 1.54) is 37.7 Å². The zero-order chi connectivity index (χ0) is 13.6. The summed E-state index contributed by atoms with van der Waals surface area (Å²) in [6.45, 7) is 2.43. The predicted molar refractivity (Wildman–Crippen MR) is 78.2 cm³/mol. The van der Waals surface area contributed by atoms with E-state index in [-0.39, 0.29) is 5.60 Å². The molecule has 0 aromatic carbocycles. The molecule has 2 N–H and O–H groups in total. The Balaban J connectivity index is 2.07. The van der Waals surface area contributed by atoms with Crippen LogP contribution in [0.2, 0.25) is 0 Å². The normalized spacial score (nSPS) is 25.6. The summed E-state index contributed by atoms with van der Waals surface area (Å²) >= 11 is 0. The van der Waals surface area contributed by atoms with Crippen molar-refractivity contribution >= 4 is 0 Å². The minimum Gasteiger partial charge on any atom is -0.380 e. The molecule has 2 fully saturated rings. The Labute approximate surface area is 117 Å². The lowest BCUT2D eigenvalue weighted by Gasteiger charge is -2.42. The zero-order valence-corrected chi connectivity index (χ0v) is 12.4. The van der Waals surface area contributed by atoms with Gasteiger partial charge in [-0.3, -0.25) is 0 Å². The molecule has 19 heavy (non-hydrogen) atoms. The molecule has 1 spiro atoms. The Hall–Kier alpha value is -0.380. The Morgan fingerprint density at radius 3 is 2.79 bits per heavy atom. The van der Waals surface area contributed by atoms with E-state index >= 15 is 0 Å². The Kier molecular flexibility index (Phi) is 5.86. The highest BCUT2D eigenvalue weighted by Crippen LogP contribution is 2.41. The molecule has 1 aliphatic carbocycles. The molecule has 0 bridgehead atoms. The first-order valence-corrected chi connectivity index (χ1v) is 7.82. The maximum absolute atomic E-state index is 6.17. The molecule has 110 valence electrons. The van der Waals surface area contributed by atoms with E-state index in [1.54, 1.807) is 12.7 Å². The first kappa shape index (κ1) is 15.0. The summed E-state index contributed by atoms with van der Waals surface area (Å²) in [6, 6.07) is 0. The topological polar surface area (TPSA) is 44.5 Å². The van der Waals surface area contributed by atoms with Crippen molar-refractivity contribution in [2.75, 3.05) is 26.9 Å². The SMILES string of the molecule is COCC(CCCN)=C1CCOC2(CCCCC2)C1. The minimum absolute atomic E-state index is 0.160. The third-order valence-corrected chi connectivity index (χ3v) is 4.61. The fourth-order valence-electron chi connectivity index (χ4n) is 3.58. The lowest BCUT2D eigenvalue weighted by atomic mass is 9.77. The van der Waals surface area contributed by atoms with Crippen LogP contribution in [-0.2, 0) is 9.47 Å². The zero-order valence-electron chi connectivity index (χ0n) is 12.4. The van der Waals surface area contributed by atoms with Crippen LogP contribution in [-0.4, -0.2) is 32.5 Å². The van der Waals surface area contributed by atoms with Gasteiger partial charge in [0.15, 0.2) is 0 Å². The third kappa shape index (κ3) is 4.04. The minimum atomic E-state index is 0.160. The number of hydrogen-bond donors (Lipinski definition) is 1. The molecule has 1 saturated heterocycles. The summed E-state index contributed by atoms with van der Waals surface area (Å²) in [5.74, 6) is 0. The van der Waals surface area contributed by atoms with Gasteiger partial charge in [0.05, 0.1) is 18.8 Å². The van der Waals surface area contributed by atoms with Crippen LogP contribution in [0.25, 0.3) is 0 Å². The fourth-order valence-corrected chi connectivity index (χ4v) is 3.58. The van der Waals surface area contributed by atoms with Crippen molar-refractivity contribution in [3.8, 4) is 0 Å². The average molecular weight is 267 g/mol.